The molecule has 1 amide bonds. The molecule has 94 valence electrons. The molecule has 0 bridgehead atoms. The highest BCUT2D eigenvalue weighted by Crippen LogP contribution is 2.10. The van der Waals surface area contributed by atoms with Crippen molar-refractivity contribution in [2.75, 3.05) is 19.6 Å². The van der Waals surface area contributed by atoms with E-state index in [0.717, 1.165) is 38.2 Å². The van der Waals surface area contributed by atoms with Gasteiger partial charge < -0.3 is 10.2 Å². The molecule has 0 aliphatic carbocycles. The number of hydrogen-bond acceptors (Lipinski definition) is 3. The predicted molar refractivity (Wildman–Crippen MR) is 65.4 cm³/mol. The minimum Gasteiger partial charge on any atom is -0.343 e. The molecule has 2 heterocycles. The highest BCUT2D eigenvalue weighted by Gasteiger charge is 2.17. The molecular weight excluding hydrogens is 216 g/mol. The van der Waals surface area contributed by atoms with Crippen molar-refractivity contribution in [1.82, 2.24) is 20.4 Å². The molecule has 1 unspecified atom stereocenters. The van der Waals surface area contributed by atoms with Gasteiger partial charge in [-0.3, -0.25) is 9.89 Å². The van der Waals surface area contributed by atoms with E-state index < -0.39 is 0 Å². The van der Waals surface area contributed by atoms with E-state index in [-0.39, 0.29) is 11.9 Å². The zero-order valence-corrected chi connectivity index (χ0v) is 10.3. The highest BCUT2D eigenvalue weighted by atomic mass is 16.2. The topological polar surface area (TPSA) is 61.0 Å². The maximum Gasteiger partial charge on any atom is 0.223 e. The smallest absolute Gasteiger partial charge is 0.223 e. The van der Waals surface area contributed by atoms with E-state index in [9.17, 15) is 4.79 Å². The van der Waals surface area contributed by atoms with Crippen molar-refractivity contribution >= 4 is 5.91 Å². The Hall–Kier alpha value is -1.36. The van der Waals surface area contributed by atoms with Crippen molar-refractivity contribution in [3.63, 3.8) is 0 Å². The molecule has 1 aromatic heterocycles. The molecule has 1 aliphatic heterocycles. The van der Waals surface area contributed by atoms with Crippen LogP contribution in [0, 0.1) is 0 Å². The van der Waals surface area contributed by atoms with Gasteiger partial charge in [-0.05, 0) is 25.8 Å². The van der Waals surface area contributed by atoms with E-state index in [1.165, 1.54) is 0 Å². The van der Waals surface area contributed by atoms with Crippen molar-refractivity contribution in [1.29, 1.82) is 0 Å². The van der Waals surface area contributed by atoms with Crippen molar-refractivity contribution in [3.8, 4) is 0 Å². The van der Waals surface area contributed by atoms with Crippen LogP contribution in [0.5, 0.6) is 0 Å². The Kier molecular flexibility index (Phi) is 4.14. The zero-order chi connectivity index (χ0) is 12.1. The van der Waals surface area contributed by atoms with E-state index in [1.807, 2.05) is 11.0 Å². The number of aromatic nitrogens is 2. The lowest BCUT2D eigenvalue weighted by Crippen LogP contribution is -2.31. The molecule has 0 saturated carbocycles. The monoisotopic (exact) mass is 236 g/mol. The summed E-state index contributed by atoms with van der Waals surface area (Å²) in [6.45, 7) is 4.66. The minimum atomic E-state index is 0.212. The quantitative estimate of drug-likeness (QED) is 0.804. The molecule has 0 aromatic carbocycles. The number of carbonyl (C=O) groups excluding carboxylic acids is 1. The second kappa shape index (κ2) is 5.82. The van der Waals surface area contributed by atoms with Crippen LogP contribution in [0.3, 0.4) is 0 Å². The third-order valence-corrected chi connectivity index (χ3v) is 3.24. The number of amides is 1. The average Bonchev–Trinajstić information content (AvgIpc) is 3.02. The van der Waals surface area contributed by atoms with Gasteiger partial charge in [0, 0.05) is 38.3 Å². The molecule has 1 atom stereocenters. The normalized spacial score (nSPS) is 17.4. The summed E-state index contributed by atoms with van der Waals surface area (Å²) in [6.07, 6.45) is 4.63. The number of carbonyl (C=O) groups is 1. The Morgan fingerprint density at radius 1 is 1.59 bits per heavy atom. The Morgan fingerprint density at radius 3 is 3.00 bits per heavy atom. The van der Waals surface area contributed by atoms with Crippen LogP contribution in [0.2, 0.25) is 0 Å². The first-order valence-electron chi connectivity index (χ1n) is 6.28. The molecular formula is C12H20N4O. The first kappa shape index (κ1) is 12.1. The largest absolute Gasteiger partial charge is 0.343 e. The molecule has 1 aromatic rings. The Bertz CT molecular complexity index is 343. The van der Waals surface area contributed by atoms with Crippen LogP contribution in [0.4, 0.5) is 0 Å². The molecule has 0 spiro atoms. The van der Waals surface area contributed by atoms with Crippen LogP contribution in [0.25, 0.3) is 0 Å². The van der Waals surface area contributed by atoms with Crippen molar-refractivity contribution in [3.05, 3.63) is 18.0 Å². The van der Waals surface area contributed by atoms with Gasteiger partial charge in [-0.2, -0.15) is 5.10 Å². The number of likely N-dealkylation sites (tertiary alicyclic amines) is 1. The van der Waals surface area contributed by atoms with E-state index in [4.69, 9.17) is 0 Å². The molecule has 17 heavy (non-hydrogen) atoms. The number of nitrogens with one attached hydrogen (secondary N) is 2. The van der Waals surface area contributed by atoms with Gasteiger partial charge in [0.15, 0.2) is 0 Å². The third-order valence-electron chi connectivity index (χ3n) is 3.24. The van der Waals surface area contributed by atoms with Gasteiger partial charge in [-0.25, -0.2) is 0 Å². The predicted octanol–water partition coefficient (Wildman–Crippen LogP) is 1.07. The van der Waals surface area contributed by atoms with Crippen LogP contribution >= 0.6 is 0 Å². The molecule has 2 N–H and O–H groups in total. The lowest BCUT2D eigenvalue weighted by molar-refractivity contribution is -0.130. The number of H-pyrrole nitrogens is 1. The van der Waals surface area contributed by atoms with Gasteiger partial charge >= 0.3 is 0 Å². The molecule has 5 nitrogen and oxygen atoms in total. The maximum absolute atomic E-state index is 11.8. The second-order valence-electron chi connectivity index (χ2n) is 4.53. The van der Waals surface area contributed by atoms with E-state index >= 15 is 0 Å². The van der Waals surface area contributed by atoms with Crippen LogP contribution < -0.4 is 5.32 Å². The number of aromatic amines is 1. The van der Waals surface area contributed by atoms with E-state index in [0.29, 0.717) is 6.42 Å². The summed E-state index contributed by atoms with van der Waals surface area (Å²) >= 11 is 0. The molecule has 0 radical (unpaired) electrons. The zero-order valence-electron chi connectivity index (χ0n) is 10.3. The summed E-state index contributed by atoms with van der Waals surface area (Å²) in [5.41, 5.74) is 1.05. The van der Waals surface area contributed by atoms with E-state index in [2.05, 4.69) is 22.4 Å². The molecule has 1 saturated heterocycles. The fourth-order valence-corrected chi connectivity index (χ4v) is 2.14. The lowest BCUT2D eigenvalue weighted by Gasteiger charge is -2.16. The van der Waals surface area contributed by atoms with Crippen molar-refractivity contribution in [2.45, 2.75) is 32.2 Å². The number of hydrogen-bond donors (Lipinski definition) is 2. The van der Waals surface area contributed by atoms with Gasteiger partial charge in [0.1, 0.15) is 0 Å². The molecule has 1 fully saturated rings. The number of rotatable bonds is 5. The molecule has 5 heteroatoms. The average molecular weight is 236 g/mol. The summed E-state index contributed by atoms with van der Waals surface area (Å²) < 4.78 is 0. The fraction of sp³-hybridized carbons (Fsp3) is 0.667. The summed E-state index contributed by atoms with van der Waals surface area (Å²) in [5, 5.41) is 10.2. The summed E-state index contributed by atoms with van der Waals surface area (Å²) in [7, 11) is 0. The summed E-state index contributed by atoms with van der Waals surface area (Å²) in [6, 6.07) is 2.16. The van der Waals surface area contributed by atoms with Gasteiger partial charge in [0.05, 0.1) is 5.69 Å². The Balaban J connectivity index is 1.67. The van der Waals surface area contributed by atoms with Crippen molar-refractivity contribution in [2.24, 2.45) is 0 Å². The van der Waals surface area contributed by atoms with Crippen LogP contribution in [-0.4, -0.2) is 40.6 Å². The standard InChI is InChI=1S/C12H20N4O/c1-10(11-4-7-14-15-11)13-6-5-12(17)16-8-2-3-9-16/h4,7,10,13H,2-3,5-6,8-9H2,1H3,(H,14,15). The van der Waals surface area contributed by atoms with Gasteiger partial charge in [0.25, 0.3) is 0 Å². The third kappa shape index (κ3) is 3.30. The first-order chi connectivity index (χ1) is 8.27. The highest BCUT2D eigenvalue weighted by molar-refractivity contribution is 5.76. The maximum atomic E-state index is 11.8. The first-order valence-corrected chi connectivity index (χ1v) is 6.28. The molecule has 2 rings (SSSR count). The Labute approximate surface area is 102 Å². The van der Waals surface area contributed by atoms with Crippen molar-refractivity contribution < 1.29 is 4.79 Å². The summed E-state index contributed by atoms with van der Waals surface area (Å²) in [5.74, 6) is 0.270. The Morgan fingerprint density at radius 2 is 2.35 bits per heavy atom. The SMILES string of the molecule is CC(NCCC(=O)N1CCCC1)c1ccn[nH]1. The van der Waals surface area contributed by atoms with Gasteiger partial charge in [0.2, 0.25) is 5.91 Å². The lowest BCUT2D eigenvalue weighted by atomic mass is 10.2. The van der Waals surface area contributed by atoms with Crippen LogP contribution in [-0.2, 0) is 4.79 Å². The number of nitrogens with zero attached hydrogens (tertiary/aromatic N) is 2. The van der Waals surface area contributed by atoms with Crippen LogP contribution in [0.15, 0.2) is 12.3 Å². The summed E-state index contributed by atoms with van der Waals surface area (Å²) in [4.78, 5) is 13.7. The second-order valence-corrected chi connectivity index (χ2v) is 4.53. The van der Waals surface area contributed by atoms with E-state index in [1.54, 1.807) is 6.20 Å². The molecule has 1 aliphatic rings. The van der Waals surface area contributed by atoms with Gasteiger partial charge in [-0.15, -0.1) is 0 Å². The van der Waals surface area contributed by atoms with Gasteiger partial charge in [-0.1, -0.05) is 0 Å². The fourth-order valence-electron chi connectivity index (χ4n) is 2.14. The minimum absolute atomic E-state index is 0.212. The van der Waals surface area contributed by atoms with Crippen LogP contribution in [0.1, 0.15) is 37.9 Å².